The first kappa shape index (κ1) is 24.3. The number of rotatable bonds is 12. The molecule has 12 heteroatoms. The van der Waals surface area contributed by atoms with E-state index in [0.29, 0.717) is 6.42 Å². The van der Waals surface area contributed by atoms with Gasteiger partial charge in [0.1, 0.15) is 12.1 Å². The average Bonchev–Trinajstić information content (AvgIpc) is 2.60. The Morgan fingerprint density at radius 2 is 1.63 bits per heavy atom. The molecule has 8 N–H and O–H groups in total. The lowest BCUT2D eigenvalue weighted by atomic mass is 9.99. The van der Waals surface area contributed by atoms with E-state index in [9.17, 15) is 29.1 Å². The molecule has 0 saturated carbocycles. The predicted molar refractivity (Wildman–Crippen MR) is 91.3 cm³/mol. The monoisotopic (exact) mass is 390 g/mol. The maximum Gasteiger partial charge on any atom is 0.326 e. The Bertz CT molecular complexity index is 568. The summed E-state index contributed by atoms with van der Waals surface area (Å²) >= 11 is 0. The van der Waals surface area contributed by atoms with E-state index in [1.165, 1.54) is 0 Å². The minimum Gasteiger partial charge on any atom is -0.481 e. The van der Waals surface area contributed by atoms with Gasteiger partial charge in [-0.3, -0.25) is 19.2 Å². The van der Waals surface area contributed by atoms with Crippen molar-refractivity contribution in [2.24, 2.45) is 11.7 Å². The van der Waals surface area contributed by atoms with E-state index < -0.39 is 67.4 Å². The van der Waals surface area contributed by atoms with Crippen molar-refractivity contribution in [2.75, 3.05) is 13.2 Å². The van der Waals surface area contributed by atoms with E-state index in [1.54, 1.807) is 13.8 Å². The van der Waals surface area contributed by atoms with Crippen LogP contribution in [-0.2, 0) is 24.0 Å². The summed E-state index contributed by atoms with van der Waals surface area (Å²) in [6, 6.07) is -3.99. The van der Waals surface area contributed by atoms with Crippen LogP contribution in [0.2, 0.25) is 0 Å². The molecule has 12 nitrogen and oxygen atoms in total. The Morgan fingerprint density at radius 3 is 2.07 bits per heavy atom. The average molecular weight is 390 g/mol. The molecule has 0 aromatic heterocycles. The van der Waals surface area contributed by atoms with Crippen molar-refractivity contribution in [3.05, 3.63) is 0 Å². The second-order valence-electron chi connectivity index (χ2n) is 5.93. The first-order valence-electron chi connectivity index (χ1n) is 8.21. The van der Waals surface area contributed by atoms with Crippen LogP contribution in [0, 0.1) is 5.92 Å². The first-order chi connectivity index (χ1) is 12.5. The van der Waals surface area contributed by atoms with Gasteiger partial charge in [-0.1, -0.05) is 20.3 Å². The lowest BCUT2D eigenvalue weighted by molar-refractivity contribution is -0.143. The van der Waals surface area contributed by atoms with Crippen LogP contribution in [0.15, 0.2) is 0 Å². The van der Waals surface area contributed by atoms with Crippen molar-refractivity contribution in [1.82, 2.24) is 16.0 Å². The van der Waals surface area contributed by atoms with Crippen LogP contribution in [-0.4, -0.2) is 76.3 Å². The number of hydrogen-bond acceptors (Lipinski definition) is 7. The van der Waals surface area contributed by atoms with Gasteiger partial charge in [-0.25, -0.2) is 4.79 Å². The van der Waals surface area contributed by atoms with Gasteiger partial charge in [-0.2, -0.15) is 0 Å². The van der Waals surface area contributed by atoms with Crippen LogP contribution in [0.3, 0.4) is 0 Å². The summed E-state index contributed by atoms with van der Waals surface area (Å²) in [5.74, 6) is -5.49. The molecule has 4 atom stereocenters. The second-order valence-corrected chi connectivity index (χ2v) is 5.93. The quantitative estimate of drug-likeness (QED) is 0.181. The van der Waals surface area contributed by atoms with E-state index in [-0.39, 0.29) is 5.92 Å². The number of hydrogen-bond donors (Lipinski definition) is 7. The highest BCUT2D eigenvalue weighted by Gasteiger charge is 2.27. The highest BCUT2D eigenvalue weighted by Crippen LogP contribution is 2.07. The van der Waals surface area contributed by atoms with Crippen LogP contribution >= 0.6 is 0 Å². The number of aliphatic hydroxyl groups excluding tert-OH is 1. The van der Waals surface area contributed by atoms with Crippen LogP contribution in [0.1, 0.15) is 26.7 Å². The second kappa shape index (κ2) is 11.8. The van der Waals surface area contributed by atoms with E-state index in [4.69, 9.17) is 15.9 Å². The molecule has 27 heavy (non-hydrogen) atoms. The fourth-order valence-corrected chi connectivity index (χ4v) is 1.95. The molecule has 154 valence electrons. The Balaban J connectivity index is 4.63. The third-order valence-corrected chi connectivity index (χ3v) is 3.77. The number of nitrogens with two attached hydrogens (primary N) is 1. The number of nitrogens with one attached hydrogen (secondary N) is 3. The van der Waals surface area contributed by atoms with Crippen LogP contribution in [0.25, 0.3) is 0 Å². The molecule has 0 radical (unpaired) electrons. The zero-order valence-corrected chi connectivity index (χ0v) is 15.1. The normalized spacial score (nSPS) is 15.0. The Morgan fingerprint density at radius 1 is 1.04 bits per heavy atom. The third kappa shape index (κ3) is 8.96. The van der Waals surface area contributed by atoms with Gasteiger partial charge < -0.3 is 37.0 Å². The van der Waals surface area contributed by atoms with Gasteiger partial charge in [0.2, 0.25) is 17.7 Å². The smallest absolute Gasteiger partial charge is 0.326 e. The standard InChI is InChI=1S/C15H26N4O8/c1-3-7(2)12(15(26)27)19-10(21)5-17-14(25)9(6-20)18-13(24)8(16)4-11(22)23/h7-9,12,20H,3-6,16H2,1-2H3,(H,17,25)(H,18,24)(H,19,21)(H,22,23)(H,26,27). The minimum absolute atomic E-state index is 0.331. The van der Waals surface area contributed by atoms with Crippen LogP contribution < -0.4 is 21.7 Å². The van der Waals surface area contributed by atoms with Gasteiger partial charge in [-0.05, 0) is 5.92 Å². The van der Waals surface area contributed by atoms with Gasteiger partial charge in [0, 0.05) is 0 Å². The van der Waals surface area contributed by atoms with Crippen molar-refractivity contribution >= 4 is 29.7 Å². The molecular weight excluding hydrogens is 364 g/mol. The van der Waals surface area contributed by atoms with Crippen molar-refractivity contribution in [1.29, 1.82) is 0 Å². The van der Waals surface area contributed by atoms with Crippen LogP contribution in [0.4, 0.5) is 0 Å². The number of carbonyl (C=O) groups is 5. The Hall–Kier alpha value is -2.73. The van der Waals surface area contributed by atoms with Crippen molar-refractivity contribution in [3.8, 4) is 0 Å². The molecule has 0 aromatic carbocycles. The lowest BCUT2D eigenvalue weighted by Gasteiger charge is -2.21. The molecule has 0 aromatic rings. The van der Waals surface area contributed by atoms with E-state index in [2.05, 4.69) is 16.0 Å². The number of carboxylic acid groups (broad SMARTS) is 2. The summed E-state index contributed by atoms with van der Waals surface area (Å²) in [4.78, 5) is 57.1. The van der Waals surface area contributed by atoms with E-state index in [1.807, 2.05) is 0 Å². The molecule has 0 rings (SSSR count). The number of carbonyl (C=O) groups excluding carboxylic acids is 3. The van der Waals surface area contributed by atoms with Gasteiger partial charge in [0.25, 0.3) is 0 Å². The van der Waals surface area contributed by atoms with E-state index in [0.717, 1.165) is 0 Å². The summed E-state index contributed by atoms with van der Waals surface area (Å²) in [5.41, 5.74) is 5.34. The summed E-state index contributed by atoms with van der Waals surface area (Å²) in [6.07, 6.45) is -0.154. The highest BCUT2D eigenvalue weighted by molar-refractivity contribution is 5.93. The number of aliphatic hydroxyl groups is 1. The summed E-state index contributed by atoms with van der Waals surface area (Å²) in [7, 11) is 0. The number of carboxylic acids is 2. The molecule has 0 aliphatic carbocycles. The SMILES string of the molecule is CCC(C)C(NC(=O)CNC(=O)C(CO)NC(=O)C(N)CC(=O)O)C(=O)O. The summed E-state index contributed by atoms with van der Waals surface area (Å²) in [5, 5.41) is 33.3. The third-order valence-electron chi connectivity index (χ3n) is 3.77. The molecule has 4 unspecified atom stereocenters. The molecule has 0 fully saturated rings. The summed E-state index contributed by atoms with van der Waals surface area (Å²) in [6.45, 7) is 2.02. The molecule has 0 aliphatic rings. The molecule has 0 spiro atoms. The van der Waals surface area contributed by atoms with Crippen molar-refractivity contribution in [3.63, 3.8) is 0 Å². The Labute approximate surface area is 155 Å². The predicted octanol–water partition coefficient (Wildman–Crippen LogP) is -3.00. The fraction of sp³-hybridized carbons (Fsp3) is 0.667. The van der Waals surface area contributed by atoms with Gasteiger partial charge in [0.15, 0.2) is 0 Å². The lowest BCUT2D eigenvalue weighted by Crippen LogP contribution is -2.55. The molecule has 0 bridgehead atoms. The number of aliphatic carboxylic acids is 2. The van der Waals surface area contributed by atoms with Gasteiger partial charge in [0.05, 0.1) is 25.6 Å². The Kier molecular flexibility index (Phi) is 10.6. The highest BCUT2D eigenvalue weighted by atomic mass is 16.4. The number of amides is 3. The minimum atomic E-state index is -1.45. The first-order valence-corrected chi connectivity index (χ1v) is 8.21. The van der Waals surface area contributed by atoms with E-state index >= 15 is 0 Å². The van der Waals surface area contributed by atoms with Crippen molar-refractivity contribution < 1.29 is 39.3 Å². The fourth-order valence-electron chi connectivity index (χ4n) is 1.95. The molecular formula is C15H26N4O8. The zero-order valence-electron chi connectivity index (χ0n) is 15.1. The molecule has 0 saturated heterocycles. The van der Waals surface area contributed by atoms with Gasteiger partial charge in [-0.15, -0.1) is 0 Å². The zero-order chi connectivity index (χ0) is 21.1. The largest absolute Gasteiger partial charge is 0.481 e. The summed E-state index contributed by atoms with van der Waals surface area (Å²) < 4.78 is 0. The maximum absolute atomic E-state index is 11.9. The van der Waals surface area contributed by atoms with Crippen LogP contribution in [0.5, 0.6) is 0 Å². The molecule has 0 heterocycles. The molecule has 3 amide bonds. The van der Waals surface area contributed by atoms with Crippen molar-refractivity contribution in [2.45, 2.75) is 44.8 Å². The topological polar surface area (TPSA) is 208 Å². The molecule has 0 aliphatic heterocycles. The van der Waals surface area contributed by atoms with Gasteiger partial charge >= 0.3 is 11.9 Å². The maximum atomic E-state index is 11.9.